The van der Waals surface area contributed by atoms with Gasteiger partial charge in [-0.25, -0.2) is 4.79 Å². The van der Waals surface area contributed by atoms with E-state index in [0.29, 0.717) is 19.3 Å². The number of likely N-dealkylation sites (N-methyl/N-ethyl adjacent to an activating group) is 1. The number of carboxylic acids is 1. The molecule has 2 atom stereocenters. The molecule has 0 aromatic heterocycles. The topological polar surface area (TPSA) is 99.1 Å². The first-order valence-electron chi connectivity index (χ1n) is 25.7. The summed E-state index contributed by atoms with van der Waals surface area (Å²) in [7, 11) is 5.53. The number of allylic oxidation sites excluding steroid dienone is 8. The molecule has 0 fully saturated rings. The standard InChI is InChI=1S/C54H97NO7/c1-6-8-10-12-14-16-18-20-22-24-25-26-27-28-29-31-33-35-37-39-41-43-45-53(57)62-50(48-60-47-46-51(54(58)59)55(3,4)5)49-61-52(56)44-42-40-38-36-34-32-30-23-21-19-17-15-13-11-9-7-2/h9,11,15,17,21,23,32,34,50-51H,6-8,10,12-14,16,18-20,22,24-31,33,35-49H2,1-5H3/p+1/b11-9+,17-15+,23-21+,34-32+. The monoisotopic (exact) mass is 873 g/mol. The maximum Gasteiger partial charge on any atom is 0.362 e. The van der Waals surface area contributed by atoms with Gasteiger partial charge in [-0.3, -0.25) is 9.59 Å². The van der Waals surface area contributed by atoms with E-state index in [2.05, 4.69) is 62.5 Å². The Kier molecular flexibility index (Phi) is 42.9. The van der Waals surface area contributed by atoms with Gasteiger partial charge >= 0.3 is 17.9 Å². The van der Waals surface area contributed by atoms with E-state index < -0.39 is 18.1 Å². The van der Waals surface area contributed by atoms with Crippen LogP contribution in [0.3, 0.4) is 0 Å². The number of aliphatic carboxylic acids is 1. The Morgan fingerprint density at radius 1 is 0.500 bits per heavy atom. The van der Waals surface area contributed by atoms with Crippen molar-refractivity contribution in [2.24, 2.45) is 0 Å². The van der Waals surface area contributed by atoms with Crippen LogP contribution in [0.4, 0.5) is 0 Å². The van der Waals surface area contributed by atoms with Crippen LogP contribution in [-0.2, 0) is 28.6 Å². The molecule has 0 aromatic rings. The second kappa shape index (κ2) is 44.9. The molecule has 8 nitrogen and oxygen atoms in total. The molecule has 0 aliphatic heterocycles. The zero-order valence-electron chi connectivity index (χ0n) is 41.1. The first kappa shape index (κ1) is 59.3. The highest BCUT2D eigenvalue weighted by Crippen LogP contribution is 2.16. The Morgan fingerprint density at radius 3 is 1.34 bits per heavy atom. The van der Waals surface area contributed by atoms with Gasteiger partial charge in [0.15, 0.2) is 12.1 Å². The Bertz CT molecular complexity index is 1150. The zero-order valence-corrected chi connectivity index (χ0v) is 41.1. The highest BCUT2D eigenvalue weighted by Gasteiger charge is 2.31. The Morgan fingerprint density at radius 2 is 0.903 bits per heavy atom. The van der Waals surface area contributed by atoms with Crippen molar-refractivity contribution in [2.75, 3.05) is 41.0 Å². The molecule has 1 N–H and O–H groups in total. The summed E-state index contributed by atoms with van der Waals surface area (Å²) in [6, 6.07) is -0.620. The van der Waals surface area contributed by atoms with Gasteiger partial charge in [0.1, 0.15) is 6.61 Å². The van der Waals surface area contributed by atoms with Gasteiger partial charge in [0.2, 0.25) is 0 Å². The minimum atomic E-state index is -0.878. The lowest BCUT2D eigenvalue weighted by Gasteiger charge is -2.31. The van der Waals surface area contributed by atoms with Crippen LogP contribution >= 0.6 is 0 Å². The second-order valence-corrected chi connectivity index (χ2v) is 18.4. The van der Waals surface area contributed by atoms with E-state index in [1.807, 2.05) is 21.1 Å². The summed E-state index contributed by atoms with van der Waals surface area (Å²) in [6.07, 6.45) is 54.5. The molecule has 0 aromatic carbocycles. The fourth-order valence-electron chi connectivity index (χ4n) is 7.55. The molecule has 0 spiro atoms. The number of carbonyl (C=O) groups is 3. The number of rotatable bonds is 46. The van der Waals surface area contributed by atoms with E-state index >= 15 is 0 Å². The number of hydrogen-bond acceptors (Lipinski definition) is 6. The van der Waals surface area contributed by atoms with Crippen molar-refractivity contribution in [1.82, 2.24) is 0 Å². The van der Waals surface area contributed by atoms with Crippen LogP contribution < -0.4 is 0 Å². The summed E-state index contributed by atoms with van der Waals surface area (Å²) < 4.78 is 17.3. The molecule has 0 saturated carbocycles. The van der Waals surface area contributed by atoms with Gasteiger partial charge in [-0.15, -0.1) is 0 Å². The number of ether oxygens (including phenoxy) is 3. The zero-order chi connectivity index (χ0) is 45.6. The summed E-state index contributed by atoms with van der Waals surface area (Å²) in [6.45, 7) is 4.62. The maximum absolute atomic E-state index is 12.8. The van der Waals surface area contributed by atoms with Gasteiger partial charge in [-0.1, -0.05) is 204 Å². The predicted molar refractivity (Wildman–Crippen MR) is 261 cm³/mol. The lowest BCUT2D eigenvalue weighted by atomic mass is 10.0. The third-order valence-electron chi connectivity index (χ3n) is 11.5. The molecule has 2 unspecified atom stereocenters. The van der Waals surface area contributed by atoms with Crippen molar-refractivity contribution in [3.8, 4) is 0 Å². The SMILES string of the molecule is CC/C=C/C/C=C/C/C=C/C/C=C/CCCCCC(=O)OCC(COCCC(C(=O)O)[N+](C)(C)C)OC(=O)CCCCCCCCCCCCCCCCCCCCCCCC. The van der Waals surface area contributed by atoms with E-state index in [4.69, 9.17) is 14.2 Å². The molecule has 62 heavy (non-hydrogen) atoms. The van der Waals surface area contributed by atoms with Crippen molar-refractivity contribution >= 4 is 17.9 Å². The molecule has 0 radical (unpaired) electrons. The van der Waals surface area contributed by atoms with Gasteiger partial charge in [-0.2, -0.15) is 0 Å². The molecule has 0 rings (SSSR count). The number of quaternary nitrogens is 1. The molecule has 0 bridgehead atoms. The Labute approximate surface area is 382 Å². The van der Waals surface area contributed by atoms with Gasteiger partial charge in [0.05, 0.1) is 34.4 Å². The third-order valence-corrected chi connectivity index (χ3v) is 11.5. The molecule has 360 valence electrons. The quantitative estimate of drug-likeness (QED) is 0.0281. The molecule has 0 aliphatic carbocycles. The molecule has 8 heteroatoms. The minimum Gasteiger partial charge on any atom is -0.477 e. The number of carboxylic acid groups (broad SMARTS) is 1. The van der Waals surface area contributed by atoms with Crippen molar-refractivity contribution < 1.29 is 38.2 Å². The number of esters is 2. The fourth-order valence-corrected chi connectivity index (χ4v) is 7.55. The highest BCUT2D eigenvalue weighted by atomic mass is 16.6. The lowest BCUT2D eigenvalue weighted by molar-refractivity contribution is -0.887. The summed E-state index contributed by atoms with van der Waals surface area (Å²) in [5.41, 5.74) is 0. The van der Waals surface area contributed by atoms with Crippen LogP contribution in [0.5, 0.6) is 0 Å². The molecular weight excluding hydrogens is 775 g/mol. The smallest absolute Gasteiger partial charge is 0.362 e. The van der Waals surface area contributed by atoms with Gasteiger partial charge in [-0.05, 0) is 51.4 Å². The van der Waals surface area contributed by atoms with Crippen molar-refractivity contribution in [2.45, 2.75) is 238 Å². The summed E-state index contributed by atoms with van der Waals surface area (Å²) in [4.78, 5) is 37.1. The van der Waals surface area contributed by atoms with Crippen LogP contribution in [0.15, 0.2) is 48.6 Å². The van der Waals surface area contributed by atoms with Crippen LogP contribution in [0.2, 0.25) is 0 Å². The van der Waals surface area contributed by atoms with Crippen molar-refractivity contribution in [3.63, 3.8) is 0 Å². The number of hydrogen-bond donors (Lipinski definition) is 1. The van der Waals surface area contributed by atoms with Gasteiger partial charge < -0.3 is 23.8 Å². The van der Waals surface area contributed by atoms with Crippen LogP contribution in [0, 0.1) is 0 Å². The average molecular weight is 873 g/mol. The van der Waals surface area contributed by atoms with E-state index in [9.17, 15) is 19.5 Å². The normalized spacial score (nSPS) is 13.2. The molecule has 0 saturated heterocycles. The first-order chi connectivity index (χ1) is 30.1. The van der Waals surface area contributed by atoms with E-state index in [-0.39, 0.29) is 36.2 Å². The van der Waals surface area contributed by atoms with E-state index in [1.165, 1.54) is 122 Å². The van der Waals surface area contributed by atoms with Crippen molar-refractivity contribution in [1.29, 1.82) is 0 Å². The summed E-state index contributed by atoms with van der Waals surface area (Å²) >= 11 is 0. The minimum absolute atomic E-state index is 0.0523. The van der Waals surface area contributed by atoms with Gasteiger partial charge in [0.25, 0.3) is 0 Å². The number of nitrogens with zero attached hydrogens (tertiary/aromatic N) is 1. The largest absolute Gasteiger partial charge is 0.477 e. The Balaban J connectivity index is 4.24. The molecule has 0 aliphatic rings. The summed E-state index contributed by atoms with van der Waals surface area (Å²) in [5, 5.41) is 9.65. The Hall–Kier alpha value is -2.71. The fraction of sp³-hybridized carbons (Fsp3) is 0.796. The molecule has 0 amide bonds. The van der Waals surface area contributed by atoms with E-state index in [1.54, 1.807) is 0 Å². The van der Waals surface area contributed by atoms with E-state index in [0.717, 1.165) is 70.6 Å². The average Bonchev–Trinajstić information content (AvgIpc) is 3.23. The molecule has 0 heterocycles. The van der Waals surface area contributed by atoms with Gasteiger partial charge in [0, 0.05) is 19.3 Å². The second-order valence-electron chi connectivity index (χ2n) is 18.4. The lowest BCUT2D eigenvalue weighted by Crippen LogP contribution is -2.50. The van der Waals surface area contributed by atoms with Crippen LogP contribution in [0.25, 0.3) is 0 Å². The number of unbranched alkanes of at least 4 members (excludes halogenated alkanes) is 24. The first-order valence-corrected chi connectivity index (χ1v) is 25.7. The van der Waals surface area contributed by atoms with Crippen LogP contribution in [0.1, 0.15) is 226 Å². The highest BCUT2D eigenvalue weighted by molar-refractivity contribution is 5.72. The summed E-state index contributed by atoms with van der Waals surface area (Å²) in [5.74, 6) is -1.50. The number of carbonyl (C=O) groups excluding carboxylic acids is 2. The van der Waals surface area contributed by atoms with Crippen LogP contribution in [-0.4, -0.2) is 80.6 Å². The van der Waals surface area contributed by atoms with Crippen molar-refractivity contribution in [3.05, 3.63) is 48.6 Å². The predicted octanol–water partition coefficient (Wildman–Crippen LogP) is 14.8. The maximum atomic E-state index is 12.8. The molecular formula is C54H98NO7+. The third kappa shape index (κ3) is 42.6.